The van der Waals surface area contributed by atoms with Crippen LogP contribution < -0.4 is 11.0 Å². The first-order valence-electron chi connectivity index (χ1n) is 5.14. The predicted octanol–water partition coefficient (Wildman–Crippen LogP) is -2.00. The normalized spacial score (nSPS) is 16.2. The molecule has 1 fully saturated rings. The predicted molar refractivity (Wildman–Crippen MR) is 57.3 cm³/mol. The minimum Gasteiger partial charge on any atom is -0.459 e. The van der Waals surface area contributed by atoms with Crippen molar-refractivity contribution in [2.75, 3.05) is 26.2 Å². The fourth-order valence-corrected chi connectivity index (χ4v) is 1.63. The first-order chi connectivity index (χ1) is 7.68. The van der Waals surface area contributed by atoms with Crippen molar-refractivity contribution >= 4 is 18.7 Å². The largest absolute Gasteiger partial charge is 0.526 e. The van der Waals surface area contributed by atoms with Crippen molar-refractivity contribution in [3.05, 3.63) is 17.9 Å². The third-order valence-corrected chi connectivity index (χ3v) is 2.50. The topological polar surface area (TPSA) is 85.9 Å². The summed E-state index contributed by atoms with van der Waals surface area (Å²) in [5, 5.41) is 20.9. The van der Waals surface area contributed by atoms with Gasteiger partial charge in [0.05, 0.1) is 0 Å². The van der Waals surface area contributed by atoms with Crippen LogP contribution in [0.1, 0.15) is 10.6 Å². The van der Waals surface area contributed by atoms with Crippen molar-refractivity contribution in [2.45, 2.75) is 0 Å². The lowest BCUT2D eigenvalue weighted by Gasteiger charge is -2.26. The second-order valence-electron chi connectivity index (χ2n) is 3.62. The summed E-state index contributed by atoms with van der Waals surface area (Å²) < 4.78 is 5.05. The highest BCUT2D eigenvalue weighted by atomic mass is 16.4. The molecule has 0 radical (unpaired) electrons. The molecule has 0 atom stereocenters. The van der Waals surface area contributed by atoms with Gasteiger partial charge in [-0.3, -0.25) is 4.79 Å². The third kappa shape index (κ3) is 2.26. The summed E-state index contributed by atoms with van der Waals surface area (Å²) in [5.74, 6) is -0.0709. The molecule has 0 unspecified atom stereocenters. The molecular weight excluding hydrogens is 211 g/mol. The number of hydrogen-bond donors (Lipinski definition) is 3. The van der Waals surface area contributed by atoms with E-state index in [-0.39, 0.29) is 17.3 Å². The van der Waals surface area contributed by atoms with E-state index < -0.39 is 7.12 Å². The molecule has 1 aliphatic rings. The zero-order valence-corrected chi connectivity index (χ0v) is 8.72. The van der Waals surface area contributed by atoms with Gasteiger partial charge in [-0.2, -0.15) is 0 Å². The molecule has 0 aromatic carbocycles. The number of nitrogens with one attached hydrogen (secondary N) is 1. The Bertz CT molecular complexity index is 373. The average Bonchev–Trinajstić information content (AvgIpc) is 2.78. The van der Waals surface area contributed by atoms with Crippen LogP contribution in [0.25, 0.3) is 0 Å². The van der Waals surface area contributed by atoms with E-state index in [4.69, 9.17) is 14.5 Å². The molecule has 0 aliphatic carbocycles. The average molecular weight is 224 g/mol. The molecule has 86 valence electrons. The summed E-state index contributed by atoms with van der Waals surface area (Å²) in [7, 11) is -1.68. The van der Waals surface area contributed by atoms with E-state index in [2.05, 4.69) is 5.32 Å². The lowest BCUT2D eigenvalue weighted by atomic mass is 9.88. The van der Waals surface area contributed by atoms with Crippen LogP contribution in [-0.2, 0) is 0 Å². The minimum atomic E-state index is -1.68. The number of carbonyl (C=O) groups excluding carboxylic acids is 1. The third-order valence-electron chi connectivity index (χ3n) is 2.50. The molecule has 1 aromatic rings. The molecular formula is C9H13BN2O4. The fourth-order valence-electron chi connectivity index (χ4n) is 1.63. The molecule has 1 aromatic heterocycles. The summed E-state index contributed by atoms with van der Waals surface area (Å²) >= 11 is 0. The van der Waals surface area contributed by atoms with Gasteiger partial charge in [0.2, 0.25) is 0 Å². The summed E-state index contributed by atoms with van der Waals surface area (Å²) in [6.07, 6.45) is 0. The van der Waals surface area contributed by atoms with E-state index in [0.29, 0.717) is 13.1 Å². The maximum Gasteiger partial charge on any atom is 0.526 e. The molecule has 16 heavy (non-hydrogen) atoms. The molecule has 3 N–H and O–H groups in total. The van der Waals surface area contributed by atoms with E-state index in [0.717, 1.165) is 13.1 Å². The zero-order chi connectivity index (χ0) is 11.5. The second kappa shape index (κ2) is 4.69. The van der Waals surface area contributed by atoms with Crippen molar-refractivity contribution in [3.8, 4) is 0 Å². The van der Waals surface area contributed by atoms with Crippen LogP contribution in [0.5, 0.6) is 0 Å². The van der Waals surface area contributed by atoms with Gasteiger partial charge in [0.25, 0.3) is 5.91 Å². The van der Waals surface area contributed by atoms with Crippen LogP contribution in [0.4, 0.5) is 0 Å². The zero-order valence-electron chi connectivity index (χ0n) is 8.72. The number of furan rings is 1. The Labute approximate surface area is 93.0 Å². The van der Waals surface area contributed by atoms with Gasteiger partial charge in [0.1, 0.15) is 5.66 Å². The number of nitrogens with zero attached hydrogens (tertiary/aromatic N) is 1. The number of hydrogen-bond acceptors (Lipinski definition) is 5. The SMILES string of the molecule is O=C(c1ccc(B(O)O)o1)N1CCNCC1. The lowest BCUT2D eigenvalue weighted by molar-refractivity contribution is 0.0705. The van der Waals surface area contributed by atoms with E-state index in [1.807, 2.05) is 0 Å². The molecule has 6 nitrogen and oxygen atoms in total. The Morgan fingerprint density at radius 1 is 1.38 bits per heavy atom. The quantitative estimate of drug-likeness (QED) is 0.506. The first-order valence-corrected chi connectivity index (χ1v) is 5.14. The van der Waals surface area contributed by atoms with E-state index in [1.54, 1.807) is 4.90 Å². The Balaban J connectivity index is 2.07. The van der Waals surface area contributed by atoms with Gasteiger partial charge in [0, 0.05) is 26.2 Å². The number of amides is 1. The molecule has 1 amide bonds. The summed E-state index contributed by atoms with van der Waals surface area (Å²) in [6.45, 7) is 2.80. The molecule has 2 rings (SSSR count). The summed E-state index contributed by atoms with van der Waals surface area (Å²) in [5.41, 5.74) is -0.0153. The van der Waals surface area contributed by atoms with Crippen molar-refractivity contribution in [1.82, 2.24) is 10.2 Å². The maximum atomic E-state index is 11.9. The fraction of sp³-hybridized carbons (Fsp3) is 0.444. The van der Waals surface area contributed by atoms with Crippen LogP contribution >= 0.6 is 0 Å². The molecule has 0 bridgehead atoms. The number of rotatable bonds is 2. The Kier molecular flexibility index (Phi) is 3.28. The summed E-state index contributed by atoms with van der Waals surface area (Å²) in [4.78, 5) is 13.5. The molecule has 1 aliphatic heterocycles. The Morgan fingerprint density at radius 2 is 2.06 bits per heavy atom. The highest BCUT2D eigenvalue weighted by Crippen LogP contribution is 2.05. The standard InChI is InChI=1S/C9H13BN2O4/c13-9(12-5-3-11-4-6-12)7-1-2-8(16-7)10(14)15/h1-2,11,14-15H,3-6H2. The number of piperazine rings is 1. The molecule has 0 spiro atoms. The Morgan fingerprint density at radius 3 is 2.62 bits per heavy atom. The van der Waals surface area contributed by atoms with Gasteiger partial charge < -0.3 is 24.7 Å². The minimum absolute atomic E-state index is 0.0153. The molecule has 0 saturated carbocycles. The number of carbonyl (C=O) groups is 1. The van der Waals surface area contributed by atoms with Crippen molar-refractivity contribution in [1.29, 1.82) is 0 Å². The van der Waals surface area contributed by atoms with E-state index >= 15 is 0 Å². The van der Waals surface area contributed by atoms with Crippen molar-refractivity contribution < 1.29 is 19.3 Å². The van der Waals surface area contributed by atoms with Crippen LogP contribution in [-0.4, -0.2) is 54.2 Å². The highest BCUT2D eigenvalue weighted by molar-refractivity contribution is 6.57. The van der Waals surface area contributed by atoms with Gasteiger partial charge >= 0.3 is 7.12 Å². The monoisotopic (exact) mass is 224 g/mol. The van der Waals surface area contributed by atoms with E-state index in [1.165, 1.54) is 12.1 Å². The van der Waals surface area contributed by atoms with E-state index in [9.17, 15) is 4.79 Å². The van der Waals surface area contributed by atoms with Crippen LogP contribution in [0.3, 0.4) is 0 Å². The van der Waals surface area contributed by atoms with Gasteiger partial charge in [-0.25, -0.2) is 0 Å². The van der Waals surface area contributed by atoms with Crippen LogP contribution in [0.15, 0.2) is 16.5 Å². The molecule has 2 heterocycles. The van der Waals surface area contributed by atoms with Gasteiger partial charge in [-0.15, -0.1) is 0 Å². The van der Waals surface area contributed by atoms with Crippen LogP contribution in [0.2, 0.25) is 0 Å². The highest BCUT2D eigenvalue weighted by Gasteiger charge is 2.23. The lowest BCUT2D eigenvalue weighted by Crippen LogP contribution is -2.46. The van der Waals surface area contributed by atoms with Gasteiger partial charge in [0.15, 0.2) is 5.76 Å². The molecule has 1 saturated heterocycles. The second-order valence-corrected chi connectivity index (χ2v) is 3.62. The maximum absolute atomic E-state index is 11.9. The smallest absolute Gasteiger partial charge is 0.459 e. The van der Waals surface area contributed by atoms with Crippen molar-refractivity contribution in [2.24, 2.45) is 0 Å². The Hall–Kier alpha value is -1.31. The van der Waals surface area contributed by atoms with Crippen molar-refractivity contribution in [3.63, 3.8) is 0 Å². The van der Waals surface area contributed by atoms with Gasteiger partial charge in [-0.05, 0) is 12.1 Å². The summed E-state index contributed by atoms with van der Waals surface area (Å²) in [6, 6.07) is 2.85. The first kappa shape index (κ1) is 11.2. The molecule has 7 heteroatoms. The van der Waals surface area contributed by atoms with Crippen LogP contribution in [0, 0.1) is 0 Å². The van der Waals surface area contributed by atoms with Gasteiger partial charge in [-0.1, -0.05) is 0 Å².